The Morgan fingerprint density at radius 2 is 2.18 bits per heavy atom. The van der Waals surface area contributed by atoms with Crippen LogP contribution < -0.4 is 5.32 Å². The van der Waals surface area contributed by atoms with Gasteiger partial charge in [0, 0.05) is 19.0 Å². The summed E-state index contributed by atoms with van der Waals surface area (Å²) < 4.78 is 11.0. The molecule has 0 aliphatic rings. The van der Waals surface area contributed by atoms with Crippen molar-refractivity contribution in [2.45, 2.75) is 52.2 Å². The summed E-state index contributed by atoms with van der Waals surface area (Å²) in [6, 6.07) is 4.45. The molecule has 0 bridgehead atoms. The predicted molar refractivity (Wildman–Crippen MR) is 70.2 cm³/mol. The van der Waals surface area contributed by atoms with Gasteiger partial charge in [-0.25, -0.2) is 0 Å². The average Bonchev–Trinajstić information content (AvgIpc) is 2.73. The number of furan rings is 1. The van der Waals surface area contributed by atoms with Gasteiger partial charge in [0.25, 0.3) is 0 Å². The number of aryl methyl sites for hydroxylation is 1. The summed E-state index contributed by atoms with van der Waals surface area (Å²) in [5.74, 6) is 1.06. The highest BCUT2D eigenvalue weighted by Crippen LogP contribution is 2.07. The van der Waals surface area contributed by atoms with Crippen LogP contribution in [0.3, 0.4) is 0 Å². The van der Waals surface area contributed by atoms with E-state index in [-0.39, 0.29) is 5.60 Å². The summed E-state index contributed by atoms with van der Waals surface area (Å²) in [6.45, 7) is 10.1. The maximum atomic E-state index is 5.65. The molecule has 1 N–H and O–H groups in total. The van der Waals surface area contributed by atoms with Crippen molar-refractivity contribution >= 4 is 0 Å². The lowest BCUT2D eigenvalue weighted by Crippen LogP contribution is -2.32. The number of hydrogen-bond acceptors (Lipinski definition) is 3. The highest BCUT2D eigenvalue weighted by atomic mass is 16.5. The van der Waals surface area contributed by atoms with Crippen molar-refractivity contribution in [3.8, 4) is 0 Å². The van der Waals surface area contributed by atoms with E-state index < -0.39 is 0 Å². The minimum atomic E-state index is -0.0426. The fourth-order valence-electron chi connectivity index (χ4n) is 1.58. The van der Waals surface area contributed by atoms with Gasteiger partial charge in [0.1, 0.15) is 5.76 Å². The van der Waals surface area contributed by atoms with Crippen LogP contribution in [-0.2, 0) is 11.2 Å². The zero-order valence-electron chi connectivity index (χ0n) is 11.5. The normalized spacial score (nSPS) is 13.9. The van der Waals surface area contributed by atoms with Crippen LogP contribution in [-0.4, -0.2) is 24.8 Å². The number of nitrogens with one attached hydrogen (secondary N) is 1. The van der Waals surface area contributed by atoms with E-state index in [0.29, 0.717) is 6.04 Å². The molecule has 1 unspecified atom stereocenters. The second kappa shape index (κ2) is 6.82. The summed E-state index contributed by atoms with van der Waals surface area (Å²) in [5.41, 5.74) is -0.0426. The Labute approximate surface area is 105 Å². The highest BCUT2D eigenvalue weighted by molar-refractivity contribution is 4.98. The summed E-state index contributed by atoms with van der Waals surface area (Å²) in [4.78, 5) is 0. The molecule has 1 aromatic rings. The van der Waals surface area contributed by atoms with Crippen LogP contribution in [0.25, 0.3) is 0 Å². The Bertz CT molecular complexity index is 288. The van der Waals surface area contributed by atoms with Gasteiger partial charge in [-0.15, -0.1) is 0 Å². The molecule has 0 spiro atoms. The van der Waals surface area contributed by atoms with Gasteiger partial charge in [-0.2, -0.15) is 0 Å². The van der Waals surface area contributed by atoms with Gasteiger partial charge in [-0.1, -0.05) is 0 Å². The van der Waals surface area contributed by atoms with Crippen LogP contribution in [0.5, 0.6) is 0 Å². The van der Waals surface area contributed by atoms with Crippen LogP contribution in [0.15, 0.2) is 22.8 Å². The minimum absolute atomic E-state index is 0.0426. The monoisotopic (exact) mass is 239 g/mol. The van der Waals surface area contributed by atoms with Gasteiger partial charge < -0.3 is 14.5 Å². The molecule has 0 saturated carbocycles. The van der Waals surface area contributed by atoms with Crippen molar-refractivity contribution in [2.24, 2.45) is 0 Å². The molecule has 1 heterocycles. The third kappa shape index (κ3) is 7.18. The quantitative estimate of drug-likeness (QED) is 0.743. The molecule has 3 nitrogen and oxygen atoms in total. The fourth-order valence-corrected chi connectivity index (χ4v) is 1.58. The molecule has 0 aliphatic heterocycles. The van der Waals surface area contributed by atoms with Gasteiger partial charge in [0.2, 0.25) is 0 Å². The molecule has 0 fully saturated rings. The van der Waals surface area contributed by atoms with E-state index >= 15 is 0 Å². The fraction of sp³-hybridized carbons (Fsp3) is 0.714. The Kier molecular flexibility index (Phi) is 5.72. The molecule has 0 aliphatic carbocycles. The molecule has 17 heavy (non-hydrogen) atoms. The van der Waals surface area contributed by atoms with E-state index in [0.717, 1.165) is 31.8 Å². The molecule has 0 saturated heterocycles. The number of rotatable bonds is 7. The van der Waals surface area contributed by atoms with Gasteiger partial charge in [-0.3, -0.25) is 0 Å². The SMILES string of the molecule is CC(CCc1ccco1)NCCOC(C)(C)C. The first kappa shape index (κ1) is 14.3. The molecular formula is C14H25NO2. The largest absolute Gasteiger partial charge is 0.469 e. The van der Waals surface area contributed by atoms with Crippen LogP contribution in [0, 0.1) is 0 Å². The molecule has 1 rings (SSSR count). The third-order valence-corrected chi connectivity index (χ3v) is 2.53. The van der Waals surface area contributed by atoms with E-state index in [2.05, 4.69) is 33.0 Å². The first-order valence-electron chi connectivity index (χ1n) is 6.37. The third-order valence-electron chi connectivity index (χ3n) is 2.53. The molecule has 0 aromatic carbocycles. The van der Waals surface area contributed by atoms with Gasteiger partial charge >= 0.3 is 0 Å². The Hall–Kier alpha value is -0.800. The second-order valence-corrected chi connectivity index (χ2v) is 5.43. The van der Waals surface area contributed by atoms with E-state index in [1.165, 1.54) is 0 Å². The van der Waals surface area contributed by atoms with Crippen molar-refractivity contribution in [1.29, 1.82) is 0 Å². The molecule has 98 valence electrons. The molecule has 0 radical (unpaired) electrons. The van der Waals surface area contributed by atoms with Crippen molar-refractivity contribution in [2.75, 3.05) is 13.2 Å². The zero-order valence-corrected chi connectivity index (χ0v) is 11.5. The van der Waals surface area contributed by atoms with Crippen molar-refractivity contribution in [1.82, 2.24) is 5.32 Å². The van der Waals surface area contributed by atoms with E-state index in [9.17, 15) is 0 Å². The van der Waals surface area contributed by atoms with Crippen LogP contribution in [0.2, 0.25) is 0 Å². The van der Waals surface area contributed by atoms with Crippen LogP contribution >= 0.6 is 0 Å². The summed E-state index contributed by atoms with van der Waals surface area (Å²) in [6.07, 6.45) is 3.80. The lowest BCUT2D eigenvalue weighted by molar-refractivity contribution is -0.00154. The summed E-state index contributed by atoms with van der Waals surface area (Å²) >= 11 is 0. The van der Waals surface area contributed by atoms with Crippen LogP contribution in [0.1, 0.15) is 39.9 Å². The minimum Gasteiger partial charge on any atom is -0.469 e. The topological polar surface area (TPSA) is 34.4 Å². The summed E-state index contributed by atoms with van der Waals surface area (Å²) in [5, 5.41) is 3.45. The lowest BCUT2D eigenvalue weighted by atomic mass is 10.1. The van der Waals surface area contributed by atoms with E-state index in [4.69, 9.17) is 9.15 Å². The van der Waals surface area contributed by atoms with Crippen molar-refractivity contribution in [3.63, 3.8) is 0 Å². The van der Waals surface area contributed by atoms with Crippen LogP contribution in [0.4, 0.5) is 0 Å². The first-order chi connectivity index (χ1) is 7.97. The maximum absolute atomic E-state index is 5.65. The zero-order chi connectivity index (χ0) is 12.7. The average molecular weight is 239 g/mol. The molecule has 1 atom stereocenters. The van der Waals surface area contributed by atoms with Gasteiger partial charge in [0.05, 0.1) is 18.5 Å². The Morgan fingerprint density at radius 3 is 2.76 bits per heavy atom. The van der Waals surface area contributed by atoms with Gasteiger partial charge in [0.15, 0.2) is 0 Å². The van der Waals surface area contributed by atoms with Crippen molar-refractivity contribution in [3.05, 3.63) is 24.2 Å². The Morgan fingerprint density at radius 1 is 1.41 bits per heavy atom. The lowest BCUT2D eigenvalue weighted by Gasteiger charge is -2.20. The second-order valence-electron chi connectivity index (χ2n) is 5.43. The smallest absolute Gasteiger partial charge is 0.103 e. The van der Waals surface area contributed by atoms with Crippen molar-refractivity contribution < 1.29 is 9.15 Å². The summed E-state index contributed by atoms with van der Waals surface area (Å²) in [7, 11) is 0. The predicted octanol–water partition coefficient (Wildman–Crippen LogP) is 3.01. The maximum Gasteiger partial charge on any atom is 0.103 e. The standard InChI is InChI=1S/C14H25NO2/c1-12(7-8-13-6-5-10-16-13)15-9-11-17-14(2,3)4/h5-6,10,12,15H,7-9,11H2,1-4H3. The Balaban J connectivity index is 2.03. The number of ether oxygens (including phenoxy) is 1. The molecule has 0 amide bonds. The first-order valence-corrected chi connectivity index (χ1v) is 6.37. The van der Waals surface area contributed by atoms with E-state index in [1.54, 1.807) is 6.26 Å². The molecule has 1 aromatic heterocycles. The van der Waals surface area contributed by atoms with Gasteiger partial charge in [-0.05, 0) is 46.2 Å². The molecular weight excluding hydrogens is 214 g/mol. The molecule has 3 heteroatoms. The van der Waals surface area contributed by atoms with E-state index in [1.807, 2.05) is 12.1 Å². The number of hydrogen-bond donors (Lipinski definition) is 1. The highest BCUT2D eigenvalue weighted by Gasteiger charge is 2.09.